The lowest BCUT2D eigenvalue weighted by atomic mass is 9.80. The van der Waals surface area contributed by atoms with Gasteiger partial charge in [0.25, 0.3) is 0 Å². The van der Waals surface area contributed by atoms with Gasteiger partial charge >= 0.3 is 0 Å². The van der Waals surface area contributed by atoms with Crippen molar-refractivity contribution in [2.45, 2.75) is 78.6 Å². The second-order valence-corrected chi connectivity index (χ2v) is 22.3. The summed E-state index contributed by atoms with van der Waals surface area (Å²) in [6.45, 7) is 20.4. The number of fused-ring (bicyclic) bond motifs is 7. The van der Waals surface area contributed by atoms with E-state index in [1.165, 1.54) is 27.5 Å². The summed E-state index contributed by atoms with van der Waals surface area (Å²) < 4.78 is 55.5. The van der Waals surface area contributed by atoms with Crippen LogP contribution in [0.25, 0.3) is 66.2 Å². The summed E-state index contributed by atoms with van der Waals surface area (Å²) in [5.41, 5.74) is 12.6. The quantitative estimate of drug-likeness (QED) is 0.160. The Kier molecular flexibility index (Phi) is 9.23. The minimum Gasteiger partial charge on any atom is -0.457 e. The van der Waals surface area contributed by atoms with Crippen LogP contribution in [0.1, 0.15) is 85.9 Å². The van der Waals surface area contributed by atoms with E-state index in [0.717, 1.165) is 67.1 Å². The van der Waals surface area contributed by atoms with Crippen LogP contribution in [0.2, 0.25) is 0 Å². The van der Waals surface area contributed by atoms with E-state index in [2.05, 4.69) is 197 Å². The molecule has 0 aliphatic carbocycles. The predicted molar refractivity (Wildman–Crippen MR) is 303 cm³/mol. The van der Waals surface area contributed by atoms with Crippen molar-refractivity contribution in [1.82, 2.24) is 14.1 Å². The van der Waals surface area contributed by atoms with Crippen molar-refractivity contribution in [2.75, 3.05) is 16.5 Å². The number of aromatic nitrogens is 3. The maximum Gasteiger partial charge on any atom is 0.137 e. The van der Waals surface area contributed by atoms with Crippen molar-refractivity contribution >= 4 is 66.4 Å². The Balaban J connectivity index is 0.988. The van der Waals surface area contributed by atoms with Crippen LogP contribution >= 0.6 is 0 Å². The molecule has 6 nitrogen and oxygen atoms in total. The molecule has 0 saturated heterocycles. The summed E-state index contributed by atoms with van der Waals surface area (Å²) in [6.07, 6.45) is 1.90. The first-order valence-electron chi connectivity index (χ1n) is 27.4. The van der Waals surface area contributed by atoms with Crippen LogP contribution in [0.3, 0.4) is 0 Å². The van der Waals surface area contributed by atoms with Gasteiger partial charge in [0.05, 0.1) is 40.3 Å². The molecule has 1 aliphatic rings. The Hall–Kier alpha value is -8.09. The highest BCUT2D eigenvalue weighted by molar-refractivity contribution is 6.12. The third kappa shape index (κ3) is 7.77. The summed E-state index contributed by atoms with van der Waals surface area (Å²) in [4.78, 5) is 9.45. The molecule has 6 heteroatoms. The zero-order valence-electron chi connectivity index (χ0n) is 47.4. The molecule has 0 amide bonds. The molecule has 1 aliphatic heterocycles. The molecule has 0 fully saturated rings. The van der Waals surface area contributed by atoms with Gasteiger partial charge in [0, 0.05) is 62.5 Å². The summed E-state index contributed by atoms with van der Waals surface area (Å²) in [7, 11) is 0. The fourth-order valence-electron chi connectivity index (χ4n) is 10.5. The fraction of sp³-hybridized carbons (Fsp3) is 0.197. The van der Waals surface area contributed by atoms with Crippen LogP contribution < -0.4 is 14.5 Å². The van der Waals surface area contributed by atoms with Gasteiger partial charge < -0.3 is 19.1 Å². The van der Waals surface area contributed by atoms with E-state index in [0.29, 0.717) is 23.7 Å². The normalized spacial score (nSPS) is 14.2. The lowest BCUT2D eigenvalue weighted by Crippen LogP contribution is -2.25. The third-order valence-electron chi connectivity index (χ3n) is 14.4. The zero-order valence-corrected chi connectivity index (χ0v) is 42.4. The second kappa shape index (κ2) is 16.8. The van der Waals surface area contributed by atoms with Gasteiger partial charge in [-0.1, -0.05) is 153 Å². The Bertz CT molecular complexity index is 4100. The molecule has 0 saturated carbocycles. The maximum absolute atomic E-state index is 9.13. The number of nitrogens with zero attached hydrogens (tertiary/aromatic N) is 5. The molecule has 356 valence electrons. The van der Waals surface area contributed by atoms with Crippen molar-refractivity contribution in [3.8, 4) is 34.1 Å². The van der Waals surface area contributed by atoms with E-state index in [4.69, 9.17) is 16.6 Å². The minimum absolute atomic E-state index is 0.0976. The average Bonchev–Trinajstić information content (AvgIpc) is 4.27. The van der Waals surface area contributed by atoms with Gasteiger partial charge in [0.2, 0.25) is 0 Å². The highest BCUT2D eigenvalue weighted by Gasteiger charge is 2.33. The largest absolute Gasteiger partial charge is 0.457 e. The topological polar surface area (TPSA) is 38.5 Å². The number of hydrogen-bond donors (Lipinski definition) is 0. The van der Waals surface area contributed by atoms with E-state index >= 15 is 0 Å². The van der Waals surface area contributed by atoms with Crippen LogP contribution in [0, 0.1) is 0 Å². The number of para-hydroxylation sites is 3. The first-order valence-corrected chi connectivity index (χ1v) is 24.9. The van der Waals surface area contributed by atoms with E-state index in [1.807, 2.05) is 48.7 Å². The summed E-state index contributed by atoms with van der Waals surface area (Å²) in [6, 6.07) is 53.5. The molecule has 3 aromatic heterocycles. The monoisotopic (exact) mass is 945 g/mol. The van der Waals surface area contributed by atoms with Crippen molar-refractivity contribution in [2.24, 2.45) is 0 Å². The summed E-state index contributed by atoms with van der Waals surface area (Å²) >= 11 is 0. The van der Waals surface area contributed by atoms with Gasteiger partial charge in [-0.3, -0.25) is 4.57 Å². The highest BCUT2D eigenvalue weighted by Crippen LogP contribution is 2.51. The fourth-order valence-corrected chi connectivity index (χ4v) is 10.5. The van der Waals surface area contributed by atoms with Gasteiger partial charge in [-0.05, 0) is 123 Å². The van der Waals surface area contributed by atoms with Crippen molar-refractivity contribution < 1.29 is 11.6 Å². The molecular formula is C66H61N5O. The molecule has 0 N–H and O–H groups in total. The van der Waals surface area contributed by atoms with E-state index in [9.17, 15) is 0 Å². The number of ether oxygens (including phenoxy) is 1. The Morgan fingerprint density at radius 2 is 1.10 bits per heavy atom. The Morgan fingerprint density at radius 1 is 0.458 bits per heavy atom. The Labute approximate surface area is 430 Å². The van der Waals surface area contributed by atoms with Gasteiger partial charge in [-0.25, -0.2) is 4.98 Å². The molecule has 72 heavy (non-hydrogen) atoms. The molecule has 11 aromatic rings. The molecule has 0 spiro atoms. The maximum atomic E-state index is 9.13. The van der Waals surface area contributed by atoms with Crippen LogP contribution in [0.4, 0.5) is 22.7 Å². The third-order valence-corrected chi connectivity index (χ3v) is 14.4. The lowest BCUT2D eigenvalue weighted by molar-refractivity contribution is 0.483. The molecule has 0 atom stereocenters. The number of hydrogen-bond acceptors (Lipinski definition) is 4. The highest BCUT2D eigenvalue weighted by atomic mass is 16.5. The van der Waals surface area contributed by atoms with Crippen LogP contribution in [-0.2, 0) is 16.2 Å². The molecule has 0 bridgehead atoms. The van der Waals surface area contributed by atoms with Crippen LogP contribution in [0.15, 0.2) is 194 Å². The van der Waals surface area contributed by atoms with E-state index in [-0.39, 0.29) is 46.0 Å². The van der Waals surface area contributed by atoms with Crippen LogP contribution in [-0.4, -0.2) is 20.8 Å². The van der Waals surface area contributed by atoms with E-state index in [1.54, 1.807) is 0 Å². The Morgan fingerprint density at radius 3 is 1.79 bits per heavy atom. The number of benzene rings is 8. The van der Waals surface area contributed by atoms with Crippen molar-refractivity contribution in [3.05, 3.63) is 211 Å². The number of rotatable bonds is 7. The standard InChI is InChI=1S/C66H61N5O/c1-64(2,3)44-33-34-67-62(38-44)71-59-32-29-48(70-57-26-15-13-23-53(57)54-24-14-16-27-58(54)70)40-56(59)55-31-30-51(41-61(55)71)72-50-22-17-21-47(39-50)68-42-69(49-36-45(65(4,5)6)35-46(37-49)66(7,8)9)63-52(25-18-28-60(63)68)43-19-11-10-12-20-43/h10-41H,42H2,1-9H3/i10D,11D,12D,19D,20D. The molecular weight excluding hydrogens is 879 g/mol. The van der Waals surface area contributed by atoms with Crippen molar-refractivity contribution in [3.63, 3.8) is 0 Å². The summed E-state index contributed by atoms with van der Waals surface area (Å²) in [5, 5.41) is 4.59. The zero-order chi connectivity index (χ0) is 54.0. The lowest BCUT2D eigenvalue weighted by Gasteiger charge is -2.30. The number of anilines is 4. The molecule has 8 aromatic carbocycles. The second-order valence-electron chi connectivity index (χ2n) is 22.3. The van der Waals surface area contributed by atoms with Gasteiger partial charge in [0.1, 0.15) is 24.0 Å². The predicted octanol–water partition coefficient (Wildman–Crippen LogP) is 17.9. The number of pyridine rings is 1. The van der Waals surface area contributed by atoms with Gasteiger partial charge in [0.15, 0.2) is 0 Å². The average molecular weight is 945 g/mol. The van der Waals surface area contributed by atoms with Crippen molar-refractivity contribution in [1.29, 1.82) is 0 Å². The van der Waals surface area contributed by atoms with Crippen LogP contribution in [0.5, 0.6) is 11.5 Å². The van der Waals surface area contributed by atoms with E-state index < -0.39 is 6.04 Å². The first kappa shape index (κ1) is 39.6. The van der Waals surface area contributed by atoms with Gasteiger partial charge in [-0.2, -0.15) is 0 Å². The molecule has 0 unspecified atom stereocenters. The first-order chi connectivity index (χ1) is 36.7. The molecule has 4 heterocycles. The minimum atomic E-state index is -0.420. The smallest absolute Gasteiger partial charge is 0.137 e. The molecule has 0 radical (unpaired) electrons. The van der Waals surface area contributed by atoms with Gasteiger partial charge in [-0.15, -0.1) is 0 Å². The molecule has 12 rings (SSSR count). The summed E-state index contributed by atoms with van der Waals surface area (Å²) in [5.74, 6) is 2.12. The SMILES string of the molecule is [2H]c1c([2H])c([2H])c(-c2cccc3c2N(c2cc(C(C)(C)C)cc(C(C)(C)C)c2)CN3c2cccc(Oc3ccc4c5cc(-n6c7ccccc7c7ccccc76)ccc5n(-c5cc(C(C)(C)C)ccn5)c4c3)c2)c([2H])c1[2H].